The summed E-state index contributed by atoms with van der Waals surface area (Å²) in [6.07, 6.45) is 12.7. The number of unbranched alkanes of at least 4 members (excludes halogenated alkanes) is 6. The SMILES string of the molecule is CCCCCCc1cc(-c2sc(-c3ccc(N(c4ccccc4)c4ccccc4)cc3)cc2CCCCCC)sc1Br. The Kier molecular flexibility index (Phi) is 11.5. The van der Waals surface area contributed by atoms with Crippen molar-refractivity contribution in [2.75, 3.05) is 4.90 Å². The number of thiophene rings is 2. The molecule has 0 aliphatic rings. The fourth-order valence-corrected chi connectivity index (χ4v) is 8.64. The Bertz CT molecular complexity index is 1460. The molecule has 0 radical (unpaired) electrons. The van der Waals surface area contributed by atoms with E-state index in [9.17, 15) is 0 Å². The summed E-state index contributed by atoms with van der Waals surface area (Å²) >= 11 is 7.80. The highest BCUT2D eigenvalue weighted by molar-refractivity contribution is 9.11. The van der Waals surface area contributed by atoms with Crippen molar-refractivity contribution in [3.63, 3.8) is 0 Å². The van der Waals surface area contributed by atoms with Gasteiger partial charge in [0, 0.05) is 31.7 Å². The average molecular weight is 657 g/mol. The maximum Gasteiger partial charge on any atom is 0.0737 e. The number of hydrogen-bond donors (Lipinski definition) is 0. The minimum atomic E-state index is 1.15. The van der Waals surface area contributed by atoms with Crippen LogP contribution in [0.5, 0.6) is 0 Å². The fourth-order valence-electron chi connectivity index (χ4n) is 5.51. The minimum Gasteiger partial charge on any atom is -0.311 e. The molecule has 4 heteroatoms. The van der Waals surface area contributed by atoms with Crippen LogP contribution in [0.4, 0.5) is 17.1 Å². The summed E-state index contributed by atoms with van der Waals surface area (Å²) in [4.78, 5) is 6.58. The molecule has 0 atom stereocenters. The predicted molar refractivity (Wildman–Crippen MR) is 191 cm³/mol. The van der Waals surface area contributed by atoms with E-state index in [2.05, 4.69) is 132 Å². The van der Waals surface area contributed by atoms with Crippen molar-refractivity contribution in [2.45, 2.75) is 78.1 Å². The summed E-state index contributed by atoms with van der Waals surface area (Å²) in [5.41, 5.74) is 7.78. The van der Waals surface area contributed by atoms with Gasteiger partial charge in [-0.15, -0.1) is 22.7 Å². The summed E-state index contributed by atoms with van der Waals surface area (Å²) in [5.74, 6) is 0. The third-order valence-electron chi connectivity index (χ3n) is 7.83. The Balaban J connectivity index is 1.43. The molecule has 2 heterocycles. The maximum atomic E-state index is 3.91. The lowest BCUT2D eigenvalue weighted by atomic mass is 10.0. The molecular formula is C38H42BrNS2. The van der Waals surface area contributed by atoms with Gasteiger partial charge in [-0.05, 0) is 107 Å². The molecule has 0 spiro atoms. The van der Waals surface area contributed by atoms with Gasteiger partial charge < -0.3 is 4.90 Å². The molecule has 0 aliphatic carbocycles. The van der Waals surface area contributed by atoms with Crippen LogP contribution in [0.3, 0.4) is 0 Å². The van der Waals surface area contributed by atoms with Crippen LogP contribution < -0.4 is 4.90 Å². The van der Waals surface area contributed by atoms with Crippen LogP contribution in [0.1, 0.15) is 76.3 Å². The van der Waals surface area contributed by atoms with Gasteiger partial charge in [0.25, 0.3) is 0 Å². The zero-order chi connectivity index (χ0) is 29.1. The van der Waals surface area contributed by atoms with E-state index in [1.54, 1.807) is 0 Å². The number of hydrogen-bond acceptors (Lipinski definition) is 3. The van der Waals surface area contributed by atoms with E-state index in [0.29, 0.717) is 0 Å². The highest BCUT2D eigenvalue weighted by Crippen LogP contribution is 2.45. The van der Waals surface area contributed by atoms with Gasteiger partial charge >= 0.3 is 0 Å². The van der Waals surface area contributed by atoms with Crippen LogP contribution in [0, 0.1) is 0 Å². The molecule has 0 unspecified atom stereocenters. The Morgan fingerprint density at radius 1 is 0.548 bits per heavy atom. The van der Waals surface area contributed by atoms with Gasteiger partial charge in [-0.25, -0.2) is 0 Å². The number of para-hydroxylation sites is 2. The molecule has 0 N–H and O–H groups in total. The number of rotatable bonds is 15. The first-order valence-electron chi connectivity index (χ1n) is 15.6. The van der Waals surface area contributed by atoms with E-state index < -0.39 is 0 Å². The Labute approximate surface area is 269 Å². The summed E-state index contributed by atoms with van der Waals surface area (Å²) in [6.45, 7) is 4.57. The maximum absolute atomic E-state index is 3.91. The third kappa shape index (κ3) is 7.83. The van der Waals surface area contributed by atoms with Crippen molar-refractivity contribution >= 4 is 55.7 Å². The molecule has 2 aromatic heterocycles. The molecule has 0 saturated carbocycles. The Morgan fingerprint density at radius 3 is 1.64 bits per heavy atom. The topological polar surface area (TPSA) is 3.24 Å². The van der Waals surface area contributed by atoms with E-state index in [1.165, 1.54) is 98.6 Å². The second-order valence-corrected chi connectivity index (χ2v) is 14.5. The lowest BCUT2D eigenvalue weighted by Gasteiger charge is -2.25. The first-order chi connectivity index (χ1) is 20.7. The van der Waals surface area contributed by atoms with Crippen LogP contribution in [0.2, 0.25) is 0 Å². The van der Waals surface area contributed by atoms with Crippen molar-refractivity contribution < 1.29 is 0 Å². The summed E-state index contributed by atoms with van der Waals surface area (Å²) in [5, 5.41) is 0. The second kappa shape index (κ2) is 15.7. The van der Waals surface area contributed by atoms with Gasteiger partial charge in [0.2, 0.25) is 0 Å². The number of aryl methyl sites for hydroxylation is 2. The van der Waals surface area contributed by atoms with Crippen LogP contribution in [0.15, 0.2) is 101 Å². The predicted octanol–water partition coefficient (Wildman–Crippen LogP) is 13.6. The van der Waals surface area contributed by atoms with Gasteiger partial charge in [0.05, 0.1) is 3.79 Å². The number of benzene rings is 3. The smallest absolute Gasteiger partial charge is 0.0737 e. The molecule has 0 saturated heterocycles. The number of halogens is 1. The normalized spacial score (nSPS) is 11.2. The molecular weight excluding hydrogens is 614 g/mol. The van der Waals surface area contributed by atoms with Crippen molar-refractivity contribution in [3.8, 4) is 20.2 Å². The number of anilines is 3. The van der Waals surface area contributed by atoms with E-state index >= 15 is 0 Å². The molecule has 0 fully saturated rings. The summed E-state index contributed by atoms with van der Waals surface area (Å²) in [7, 11) is 0. The zero-order valence-corrected chi connectivity index (χ0v) is 28.2. The fraction of sp³-hybridized carbons (Fsp3) is 0.316. The highest BCUT2D eigenvalue weighted by atomic mass is 79.9. The van der Waals surface area contributed by atoms with Gasteiger partial charge in [-0.2, -0.15) is 0 Å². The third-order valence-corrected chi connectivity index (χ3v) is 11.2. The molecule has 0 bridgehead atoms. The van der Waals surface area contributed by atoms with Gasteiger partial charge in [0.1, 0.15) is 0 Å². The monoisotopic (exact) mass is 655 g/mol. The van der Waals surface area contributed by atoms with Crippen LogP contribution in [0.25, 0.3) is 20.2 Å². The molecule has 42 heavy (non-hydrogen) atoms. The highest BCUT2D eigenvalue weighted by Gasteiger charge is 2.17. The molecule has 218 valence electrons. The molecule has 3 aromatic carbocycles. The summed E-state index contributed by atoms with van der Waals surface area (Å²) in [6, 6.07) is 35.4. The molecule has 5 aromatic rings. The lowest BCUT2D eigenvalue weighted by molar-refractivity contribution is 0.667. The molecule has 1 nitrogen and oxygen atoms in total. The van der Waals surface area contributed by atoms with Gasteiger partial charge in [-0.3, -0.25) is 0 Å². The zero-order valence-electron chi connectivity index (χ0n) is 25.0. The van der Waals surface area contributed by atoms with Crippen LogP contribution in [-0.4, -0.2) is 0 Å². The molecule has 0 aliphatic heterocycles. The largest absolute Gasteiger partial charge is 0.311 e. The first-order valence-corrected chi connectivity index (χ1v) is 18.0. The van der Waals surface area contributed by atoms with E-state index in [4.69, 9.17) is 0 Å². The minimum absolute atomic E-state index is 1.15. The van der Waals surface area contributed by atoms with Crippen LogP contribution in [-0.2, 0) is 12.8 Å². The summed E-state index contributed by atoms with van der Waals surface area (Å²) < 4.78 is 1.31. The Morgan fingerprint density at radius 2 is 1.07 bits per heavy atom. The van der Waals surface area contributed by atoms with E-state index in [0.717, 1.165) is 17.8 Å². The average Bonchev–Trinajstić information content (AvgIpc) is 3.62. The Hall–Kier alpha value is -2.66. The van der Waals surface area contributed by atoms with Crippen molar-refractivity contribution in [1.29, 1.82) is 0 Å². The van der Waals surface area contributed by atoms with Gasteiger partial charge in [0.15, 0.2) is 0 Å². The first kappa shape index (κ1) is 30.8. The van der Waals surface area contributed by atoms with Crippen LogP contribution >= 0.6 is 38.6 Å². The quantitative estimate of drug-likeness (QED) is 0.101. The molecule has 0 amide bonds. The number of nitrogens with zero attached hydrogens (tertiary/aromatic N) is 1. The van der Waals surface area contributed by atoms with E-state index in [-0.39, 0.29) is 0 Å². The molecule has 5 rings (SSSR count). The van der Waals surface area contributed by atoms with E-state index in [1.807, 2.05) is 22.7 Å². The second-order valence-electron chi connectivity index (χ2n) is 11.0. The van der Waals surface area contributed by atoms with Crippen molar-refractivity contribution in [2.24, 2.45) is 0 Å². The van der Waals surface area contributed by atoms with Crippen molar-refractivity contribution in [3.05, 3.63) is 112 Å². The van der Waals surface area contributed by atoms with Gasteiger partial charge in [-0.1, -0.05) is 101 Å². The lowest BCUT2D eigenvalue weighted by Crippen LogP contribution is -2.09. The van der Waals surface area contributed by atoms with Crippen molar-refractivity contribution in [1.82, 2.24) is 0 Å². The standard InChI is InChI=1S/C38H42BrNS2/c1-3-5-7-11-17-30-27-35(41-37(30)36-28-31(38(39)42-36)18-12-8-6-4-2)29-23-25-34(26-24-29)40(32-19-13-9-14-20-32)33-21-15-10-16-22-33/h9-10,13-16,19-28H,3-8,11-12,17-18H2,1-2H3.